The van der Waals surface area contributed by atoms with Crippen LogP contribution in [-0.2, 0) is 14.8 Å². The molecule has 0 spiro atoms. The van der Waals surface area contributed by atoms with Crippen LogP contribution in [-0.4, -0.2) is 39.0 Å². The van der Waals surface area contributed by atoms with Gasteiger partial charge in [-0.3, -0.25) is 0 Å². The van der Waals surface area contributed by atoms with Gasteiger partial charge in [0, 0.05) is 23.1 Å². The largest absolute Gasteiger partial charge is 0.494 e. The van der Waals surface area contributed by atoms with Crippen molar-refractivity contribution >= 4 is 33.2 Å². The summed E-state index contributed by atoms with van der Waals surface area (Å²) in [7, 11) is -3.63. The molecule has 1 atom stereocenters. The van der Waals surface area contributed by atoms with Gasteiger partial charge >= 0.3 is 0 Å². The highest BCUT2D eigenvalue weighted by Crippen LogP contribution is 2.30. The van der Waals surface area contributed by atoms with E-state index in [-0.39, 0.29) is 11.4 Å². The fourth-order valence-electron chi connectivity index (χ4n) is 2.88. The summed E-state index contributed by atoms with van der Waals surface area (Å²) in [5.74, 6) is 0.657. The normalized spacial score (nSPS) is 18.4. The molecule has 0 amide bonds. The van der Waals surface area contributed by atoms with E-state index in [2.05, 4.69) is 0 Å². The average molecular weight is 430 g/mol. The highest BCUT2D eigenvalue weighted by atomic mass is 35.5. The smallest absolute Gasteiger partial charge is 0.243 e. The molecule has 0 saturated carbocycles. The van der Waals surface area contributed by atoms with Crippen molar-refractivity contribution in [1.29, 1.82) is 0 Å². The molecular weight excluding hydrogens is 409 g/mol. The summed E-state index contributed by atoms with van der Waals surface area (Å²) in [6.07, 6.45) is 0.472. The van der Waals surface area contributed by atoms with Gasteiger partial charge in [0.25, 0.3) is 0 Å². The van der Waals surface area contributed by atoms with Crippen LogP contribution in [0, 0.1) is 0 Å². The Balaban J connectivity index is 1.78. The van der Waals surface area contributed by atoms with Crippen LogP contribution in [0.1, 0.15) is 25.0 Å². The second kappa shape index (κ2) is 8.80. The highest BCUT2D eigenvalue weighted by molar-refractivity contribution is 7.89. The summed E-state index contributed by atoms with van der Waals surface area (Å²) in [5, 5.41) is 0.979. The maximum Gasteiger partial charge on any atom is 0.243 e. The maximum absolute atomic E-state index is 13.0. The van der Waals surface area contributed by atoms with Crippen molar-refractivity contribution in [1.82, 2.24) is 4.31 Å². The Kier molecular flexibility index (Phi) is 6.65. The van der Waals surface area contributed by atoms with Crippen LogP contribution >= 0.6 is 23.2 Å². The first-order chi connectivity index (χ1) is 12.9. The Bertz CT molecular complexity index is 867. The topological polar surface area (TPSA) is 55.8 Å². The number of hydrogen-bond donors (Lipinski definition) is 0. The Morgan fingerprint density at radius 2 is 1.81 bits per heavy atom. The van der Waals surface area contributed by atoms with E-state index in [9.17, 15) is 8.42 Å². The summed E-state index contributed by atoms with van der Waals surface area (Å²) in [5.41, 5.74) is 0.760. The van der Waals surface area contributed by atoms with Crippen LogP contribution in [0.25, 0.3) is 0 Å². The van der Waals surface area contributed by atoms with Gasteiger partial charge in [-0.15, -0.1) is 0 Å². The van der Waals surface area contributed by atoms with Crippen molar-refractivity contribution in [3.63, 3.8) is 0 Å². The number of rotatable bonds is 6. The van der Waals surface area contributed by atoms with Crippen LogP contribution < -0.4 is 4.74 Å². The molecule has 1 fully saturated rings. The molecule has 0 N–H and O–H groups in total. The fraction of sp³-hybridized carbons (Fsp3) is 0.368. The number of ether oxygens (including phenoxy) is 2. The molecule has 1 heterocycles. The SMILES string of the molecule is CCCOc1ccc(S(=O)(=O)N2CCOC(c3cc(Cl)cc(Cl)c3)C2)cc1. The van der Waals surface area contributed by atoms with Crippen molar-refractivity contribution in [3.8, 4) is 5.75 Å². The number of nitrogens with zero attached hydrogens (tertiary/aromatic N) is 1. The molecule has 0 radical (unpaired) electrons. The van der Waals surface area contributed by atoms with E-state index in [1.165, 1.54) is 4.31 Å². The third-order valence-corrected chi connectivity index (χ3v) is 6.54. The van der Waals surface area contributed by atoms with Crippen molar-refractivity contribution in [3.05, 3.63) is 58.1 Å². The van der Waals surface area contributed by atoms with Gasteiger partial charge in [0.15, 0.2) is 0 Å². The van der Waals surface area contributed by atoms with Gasteiger partial charge in [0.2, 0.25) is 10.0 Å². The van der Waals surface area contributed by atoms with Crippen LogP contribution in [0.5, 0.6) is 5.75 Å². The van der Waals surface area contributed by atoms with Gasteiger partial charge in [0.1, 0.15) is 5.75 Å². The first kappa shape index (κ1) is 20.4. The molecule has 0 aromatic heterocycles. The third-order valence-electron chi connectivity index (χ3n) is 4.22. The van der Waals surface area contributed by atoms with Crippen molar-refractivity contribution in [2.75, 3.05) is 26.3 Å². The molecule has 27 heavy (non-hydrogen) atoms. The molecule has 2 aromatic carbocycles. The first-order valence-electron chi connectivity index (χ1n) is 8.71. The lowest BCUT2D eigenvalue weighted by Crippen LogP contribution is -2.42. The fourth-order valence-corrected chi connectivity index (χ4v) is 4.85. The zero-order valence-corrected chi connectivity index (χ0v) is 17.2. The summed E-state index contributed by atoms with van der Waals surface area (Å²) in [6, 6.07) is 11.6. The monoisotopic (exact) mass is 429 g/mol. The molecule has 2 aromatic rings. The van der Waals surface area contributed by atoms with Crippen molar-refractivity contribution < 1.29 is 17.9 Å². The molecular formula is C19H21Cl2NO4S. The molecule has 1 aliphatic heterocycles. The van der Waals surface area contributed by atoms with Gasteiger partial charge in [-0.2, -0.15) is 4.31 Å². The van der Waals surface area contributed by atoms with E-state index in [0.717, 1.165) is 12.0 Å². The molecule has 0 bridgehead atoms. The molecule has 1 aliphatic rings. The first-order valence-corrected chi connectivity index (χ1v) is 10.9. The van der Waals surface area contributed by atoms with E-state index in [0.29, 0.717) is 35.6 Å². The predicted molar refractivity (Wildman–Crippen MR) is 106 cm³/mol. The maximum atomic E-state index is 13.0. The number of morpholine rings is 1. The summed E-state index contributed by atoms with van der Waals surface area (Å²) < 4.78 is 38.7. The van der Waals surface area contributed by atoms with Gasteiger partial charge in [-0.1, -0.05) is 30.1 Å². The molecule has 0 aliphatic carbocycles. The molecule has 1 unspecified atom stereocenters. The zero-order chi connectivity index (χ0) is 19.4. The van der Waals surface area contributed by atoms with Crippen molar-refractivity contribution in [2.45, 2.75) is 24.3 Å². The quantitative estimate of drug-likeness (QED) is 0.675. The second-order valence-corrected chi connectivity index (χ2v) is 9.06. The summed E-state index contributed by atoms with van der Waals surface area (Å²) in [4.78, 5) is 0.233. The highest BCUT2D eigenvalue weighted by Gasteiger charge is 2.31. The Morgan fingerprint density at radius 1 is 1.15 bits per heavy atom. The summed E-state index contributed by atoms with van der Waals surface area (Å²) in [6.45, 7) is 3.40. The van der Waals surface area contributed by atoms with Crippen molar-refractivity contribution in [2.24, 2.45) is 0 Å². The lowest BCUT2D eigenvalue weighted by atomic mass is 10.1. The Morgan fingerprint density at radius 3 is 2.44 bits per heavy atom. The zero-order valence-electron chi connectivity index (χ0n) is 14.9. The number of benzene rings is 2. The van der Waals surface area contributed by atoms with Crippen LogP contribution in [0.2, 0.25) is 10.0 Å². The minimum atomic E-state index is -3.63. The second-order valence-electron chi connectivity index (χ2n) is 6.25. The predicted octanol–water partition coefficient (Wildman–Crippen LogP) is 4.54. The molecule has 146 valence electrons. The minimum absolute atomic E-state index is 0.201. The number of sulfonamides is 1. The van der Waals surface area contributed by atoms with Gasteiger partial charge in [0.05, 0.1) is 24.2 Å². The average Bonchev–Trinajstić information content (AvgIpc) is 2.66. The lowest BCUT2D eigenvalue weighted by molar-refractivity contribution is -0.00254. The standard InChI is InChI=1S/C19H21Cl2NO4S/c1-2-8-25-17-3-5-18(6-4-17)27(23,24)22-7-9-26-19(13-22)14-10-15(20)12-16(21)11-14/h3-6,10-12,19H,2,7-9,13H2,1H3. The molecule has 3 rings (SSSR count). The lowest BCUT2D eigenvalue weighted by Gasteiger charge is -2.32. The van der Waals surface area contributed by atoms with Crippen LogP contribution in [0.4, 0.5) is 0 Å². The molecule has 8 heteroatoms. The van der Waals surface area contributed by atoms with Crippen LogP contribution in [0.15, 0.2) is 47.4 Å². The van der Waals surface area contributed by atoms with E-state index >= 15 is 0 Å². The Labute approximate surface area is 169 Å². The Hall–Kier alpha value is -1.31. The van der Waals surface area contributed by atoms with E-state index in [1.54, 1.807) is 42.5 Å². The van der Waals surface area contributed by atoms with E-state index in [1.807, 2.05) is 6.92 Å². The number of hydrogen-bond acceptors (Lipinski definition) is 4. The summed E-state index contributed by atoms with van der Waals surface area (Å²) >= 11 is 12.1. The van der Waals surface area contributed by atoms with E-state index in [4.69, 9.17) is 32.7 Å². The van der Waals surface area contributed by atoms with Gasteiger partial charge in [-0.05, 0) is 54.4 Å². The van der Waals surface area contributed by atoms with Gasteiger partial charge < -0.3 is 9.47 Å². The minimum Gasteiger partial charge on any atom is -0.494 e. The molecule has 1 saturated heterocycles. The van der Waals surface area contributed by atoms with Gasteiger partial charge in [-0.25, -0.2) is 8.42 Å². The van der Waals surface area contributed by atoms with Crippen LogP contribution in [0.3, 0.4) is 0 Å². The number of halogens is 2. The van der Waals surface area contributed by atoms with E-state index < -0.39 is 16.1 Å². The third kappa shape index (κ3) is 4.95. The molecule has 5 nitrogen and oxygen atoms in total.